The number of benzene rings is 1. The summed E-state index contributed by atoms with van der Waals surface area (Å²) >= 11 is 0. The minimum atomic E-state index is -0.940. The number of anilines is 2. The predicted octanol–water partition coefficient (Wildman–Crippen LogP) is 2.24. The van der Waals surface area contributed by atoms with E-state index < -0.39 is 11.6 Å². The van der Waals surface area contributed by atoms with Gasteiger partial charge in [0, 0.05) is 13.7 Å². The van der Waals surface area contributed by atoms with Crippen LogP contribution in [-0.2, 0) is 4.74 Å². The van der Waals surface area contributed by atoms with Crippen molar-refractivity contribution in [2.75, 3.05) is 31.3 Å². The zero-order chi connectivity index (χ0) is 12.1. The highest BCUT2D eigenvalue weighted by atomic mass is 19.2. The van der Waals surface area contributed by atoms with Crippen molar-refractivity contribution in [2.45, 2.75) is 6.92 Å². The molecule has 1 rings (SSSR count). The zero-order valence-corrected chi connectivity index (χ0v) is 9.39. The molecule has 0 bridgehead atoms. The number of hydrogen-bond acceptors (Lipinski definition) is 3. The molecule has 0 heterocycles. The van der Waals surface area contributed by atoms with Crippen LogP contribution in [0.2, 0.25) is 0 Å². The topological polar surface area (TPSA) is 47.3 Å². The normalized spacial score (nSPS) is 12.5. The molecule has 90 valence electrons. The maximum atomic E-state index is 13.3. The van der Waals surface area contributed by atoms with Crippen LogP contribution in [0.15, 0.2) is 12.1 Å². The summed E-state index contributed by atoms with van der Waals surface area (Å²) in [7, 11) is 1.59. The third-order valence-electron chi connectivity index (χ3n) is 2.21. The van der Waals surface area contributed by atoms with E-state index in [9.17, 15) is 8.78 Å². The summed E-state index contributed by atoms with van der Waals surface area (Å²) in [4.78, 5) is 0. The third kappa shape index (κ3) is 3.06. The molecule has 0 saturated heterocycles. The average molecular weight is 230 g/mol. The van der Waals surface area contributed by atoms with E-state index >= 15 is 0 Å². The number of nitrogens with one attached hydrogen (secondary N) is 1. The highest BCUT2D eigenvalue weighted by Crippen LogP contribution is 2.24. The highest BCUT2D eigenvalue weighted by molar-refractivity contribution is 5.66. The molecule has 16 heavy (non-hydrogen) atoms. The monoisotopic (exact) mass is 230 g/mol. The fourth-order valence-electron chi connectivity index (χ4n) is 1.36. The number of hydrogen-bond donors (Lipinski definition) is 2. The standard InChI is InChI=1S/C11H16F2N2O/c1-7(6-16-2)5-15-11-9(14)4-3-8(12)10(11)13/h3-4,7,15H,5-6,14H2,1-2H3. The summed E-state index contributed by atoms with van der Waals surface area (Å²) in [6.45, 7) is 2.95. The van der Waals surface area contributed by atoms with Crippen molar-refractivity contribution in [3.63, 3.8) is 0 Å². The molecule has 0 spiro atoms. The number of nitrogen functional groups attached to an aromatic ring is 1. The smallest absolute Gasteiger partial charge is 0.183 e. The Bertz CT molecular complexity index is 358. The molecule has 3 nitrogen and oxygen atoms in total. The number of nitrogens with two attached hydrogens (primary N) is 1. The number of halogens is 2. The van der Waals surface area contributed by atoms with Gasteiger partial charge in [-0.3, -0.25) is 0 Å². The van der Waals surface area contributed by atoms with E-state index in [0.29, 0.717) is 13.2 Å². The summed E-state index contributed by atoms with van der Waals surface area (Å²) in [6, 6.07) is 2.34. The van der Waals surface area contributed by atoms with Gasteiger partial charge < -0.3 is 15.8 Å². The van der Waals surface area contributed by atoms with Crippen molar-refractivity contribution in [3.05, 3.63) is 23.8 Å². The quantitative estimate of drug-likeness (QED) is 0.763. The lowest BCUT2D eigenvalue weighted by atomic mass is 10.2. The molecule has 0 saturated carbocycles. The van der Waals surface area contributed by atoms with Gasteiger partial charge in [-0.15, -0.1) is 0 Å². The summed E-state index contributed by atoms with van der Waals surface area (Å²) in [5.41, 5.74) is 5.76. The van der Waals surface area contributed by atoms with Crippen molar-refractivity contribution in [1.29, 1.82) is 0 Å². The second-order valence-electron chi connectivity index (χ2n) is 3.77. The Labute approximate surface area is 93.6 Å². The largest absolute Gasteiger partial charge is 0.397 e. The van der Waals surface area contributed by atoms with Crippen LogP contribution in [-0.4, -0.2) is 20.3 Å². The number of methoxy groups -OCH3 is 1. The Morgan fingerprint density at radius 2 is 2.12 bits per heavy atom. The molecule has 0 aliphatic heterocycles. The van der Waals surface area contributed by atoms with Crippen LogP contribution in [0.5, 0.6) is 0 Å². The van der Waals surface area contributed by atoms with Crippen molar-refractivity contribution in [2.24, 2.45) is 5.92 Å². The lowest BCUT2D eigenvalue weighted by molar-refractivity contribution is 0.164. The lowest BCUT2D eigenvalue weighted by Gasteiger charge is -2.14. The van der Waals surface area contributed by atoms with E-state index in [4.69, 9.17) is 10.5 Å². The fourth-order valence-corrected chi connectivity index (χ4v) is 1.36. The Morgan fingerprint density at radius 3 is 2.75 bits per heavy atom. The van der Waals surface area contributed by atoms with Gasteiger partial charge in [0.1, 0.15) is 0 Å². The lowest BCUT2D eigenvalue weighted by Crippen LogP contribution is -2.17. The summed E-state index contributed by atoms with van der Waals surface area (Å²) in [6.07, 6.45) is 0. The van der Waals surface area contributed by atoms with Crippen molar-refractivity contribution in [3.8, 4) is 0 Å². The maximum absolute atomic E-state index is 13.3. The van der Waals surface area contributed by atoms with Gasteiger partial charge in [0.05, 0.1) is 18.0 Å². The first-order valence-corrected chi connectivity index (χ1v) is 5.02. The fraction of sp³-hybridized carbons (Fsp3) is 0.455. The molecule has 5 heteroatoms. The van der Waals surface area contributed by atoms with E-state index in [1.54, 1.807) is 7.11 Å². The minimum absolute atomic E-state index is 0.0166. The van der Waals surface area contributed by atoms with Crippen LogP contribution in [0.3, 0.4) is 0 Å². The van der Waals surface area contributed by atoms with Crippen LogP contribution < -0.4 is 11.1 Å². The molecule has 0 aliphatic carbocycles. The van der Waals surface area contributed by atoms with Gasteiger partial charge in [-0.1, -0.05) is 6.92 Å². The third-order valence-corrected chi connectivity index (χ3v) is 2.21. The summed E-state index contributed by atoms with van der Waals surface area (Å²) in [5, 5.41) is 2.79. The van der Waals surface area contributed by atoms with E-state index in [1.165, 1.54) is 6.07 Å². The van der Waals surface area contributed by atoms with E-state index in [-0.39, 0.29) is 17.3 Å². The van der Waals surface area contributed by atoms with Crippen LogP contribution in [0.4, 0.5) is 20.2 Å². The molecule has 0 aliphatic rings. The molecule has 1 aromatic rings. The highest BCUT2D eigenvalue weighted by Gasteiger charge is 2.12. The van der Waals surface area contributed by atoms with Crippen molar-refractivity contribution < 1.29 is 13.5 Å². The average Bonchev–Trinajstić information content (AvgIpc) is 2.24. The molecule has 0 amide bonds. The van der Waals surface area contributed by atoms with E-state index in [0.717, 1.165) is 6.07 Å². The summed E-state index contributed by atoms with van der Waals surface area (Å²) < 4.78 is 31.2. The van der Waals surface area contributed by atoms with Gasteiger partial charge in [0.15, 0.2) is 11.6 Å². The molecule has 0 aromatic heterocycles. The molecule has 0 radical (unpaired) electrons. The zero-order valence-electron chi connectivity index (χ0n) is 9.39. The molecular weight excluding hydrogens is 214 g/mol. The Kier molecular flexibility index (Phi) is 4.49. The Morgan fingerprint density at radius 1 is 1.44 bits per heavy atom. The number of rotatable bonds is 5. The van der Waals surface area contributed by atoms with Crippen LogP contribution in [0, 0.1) is 17.6 Å². The van der Waals surface area contributed by atoms with Crippen molar-refractivity contribution >= 4 is 11.4 Å². The van der Waals surface area contributed by atoms with E-state index in [1.807, 2.05) is 6.92 Å². The Hall–Kier alpha value is -1.36. The van der Waals surface area contributed by atoms with Gasteiger partial charge in [0.25, 0.3) is 0 Å². The van der Waals surface area contributed by atoms with E-state index in [2.05, 4.69) is 5.32 Å². The predicted molar refractivity (Wildman–Crippen MR) is 60.3 cm³/mol. The van der Waals surface area contributed by atoms with Gasteiger partial charge in [-0.05, 0) is 18.1 Å². The van der Waals surface area contributed by atoms with Crippen LogP contribution in [0.25, 0.3) is 0 Å². The number of ether oxygens (including phenoxy) is 1. The van der Waals surface area contributed by atoms with Crippen LogP contribution in [0.1, 0.15) is 6.92 Å². The second kappa shape index (κ2) is 5.65. The minimum Gasteiger partial charge on any atom is -0.397 e. The second-order valence-corrected chi connectivity index (χ2v) is 3.77. The summed E-state index contributed by atoms with van der Waals surface area (Å²) in [5.74, 6) is -1.66. The van der Waals surface area contributed by atoms with Crippen LogP contribution >= 0.6 is 0 Å². The first kappa shape index (κ1) is 12.7. The Balaban J connectivity index is 2.70. The first-order valence-electron chi connectivity index (χ1n) is 5.02. The van der Waals surface area contributed by atoms with Gasteiger partial charge in [-0.25, -0.2) is 8.78 Å². The molecule has 1 unspecified atom stereocenters. The molecule has 1 aromatic carbocycles. The molecule has 3 N–H and O–H groups in total. The van der Waals surface area contributed by atoms with Crippen molar-refractivity contribution in [1.82, 2.24) is 0 Å². The molecular formula is C11H16F2N2O. The SMILES string of the molecule is COCC(C)CNc1c(N)ccc(F)c1F. The van der Waals surface area contributed by atoms with Gasteiger partial charge in [0.2, 0.25) is 0 Å². The maximum Gasteiger partial charge on any atom is 0.183 e. The van der Waals surface area contributed by atoms with Gasteiger partial charge in [-0.2, -0.15) is 0 Å². The first-order chi connectivity index (χ1) is 7.56. The molecule has 0 fully saturated rings. The molecule has 1 atom stereocenters. The van der Waals surface area contributed by atoms with Gasteiger partial charge >= 0.3 is 0 Å².